The molecule has 0 spiro atoms. The van der Waals surface area contributed by atoms with Crippen LogP contribution in [-0.2, 0) is 9.59 Å². The van der Waals surface area contributed by atoms with Gasteiger partial charge in [-0.15, -0.1) is 0 Å². The van der Waals surface area contributed by atoms with Gasteiger partial charge in [-0.2, -0.15) is 0 Å². The van der Waals surface area contributed by atoms with E-state index < -0.39 is 5.41 Å². The van der Waals surface area contributed by atoms with Gasteiger partial charge in [0.15, 0.2) is 5.78 Å². The second-order valence-corrected chi connectivity index (χ2v) is 4.07. The average molecular weight is 195 g/mol. The molecule has 1 heterocycles. The highest BCUT2D eigenvalue weighted by Gasteiger charge is 2.42. The van der Waals surface area contributed by atoms with Crippen molar-refractivity contribution in [1.29, 1.82) is 0 Å². The molecule has 3 heteroatoms. The lowest BCUT2D eigenvalue weighted by molar-refractivity contribution is -0.140. The fraction of sp³-hybridized carbons (Fsp3) is 0.636. The summed E-state index contributed by atoms with van der Waals surface area (Å²) in [5.41, 5.74) is -0.197. The molecule has 0 fully saturated rings. The van der Waals surface area contributed by atoms with Crippen LogP contribution < -0.4 is 5.32 Å². The van der Waals surface area contributed by atoms with Gasteiger partial charge in [-0.25, -0.2) is 0 Å². The normalized spacial score (nSPS) is 27.2. The van der Waals surface area contributed by atoms with Crippen molar-refractivity contribution in [3.8, 4) is 0 Å². The molecule has 78 valence electrons. The zero-order chi connectivity index (χ0) is 10.8. The molecule has 0 aromatic rings. The van der Waals surface area contributed by atoms with Crippen molar-refractivity contribution in [2.45, 2.75) is 40.0 Å². The molecule has 1 aliphatic rings. The molecule has 1 amide bonds. The summed E-state index contributed by atoms with van der Waals surface area (Å²) >= 11 is 0. The first kappa shape index (κ1) is 11.0. The Bertz CT molecular complexity index is 294. The van der Waals surface area contributed by atoms with E-state index in [2.05, 4.69) is 12.2 Å². The molecule has 0 radical (unpaired) electrons. The fourth-order valence-corrected chi connectivity index (χ4v) is 1.69. The minimum atomic E-state index is -0.838. The second-order valence-electron chi connectivity index (χ2n) is 4.07. The Kier molecular flexibility index (Phi) is 3.09. The summed E-state index contributed by atoms with van der Waals surface area (Å²) in [6, 6.07) is 0. The minimum absolute atomic E-state index is 0.0327. The Morgan fingerprint density at radius 1 is 1.43 bits per heavy atom. The Hall–Kier alpha value is -1.12. The zero-order valence-corrected chi connectivity index (χ0v) is 9.02. The maximum atomic E-state index is 11.8. The molecule has 1 unspecified atom stereocenters. The second kappa shape index (κ2) is 3.95. The molecule has 1 atom stereocenters. The molecule has 0 bridgehead atoms. The Morgan fingerprint density at radius 2 is 2.07 bits per heavy atom. The number of rotatable bonds is 3. The highest BCUT2D eigenvalue weighted by Crippen LogP contribution is 2.30. The molecule has 14 heavy (non-hydrogen) atoms. The van der Waals surface area contributed by atoms with Gasteiger partial charge >= 0.3 is 0 Å². The maximum Gasteiger partial charge on any atom is 0.237 e. The Balaban J connectivity index is 2.89. The molecule has 1 N–H and O–H groups in total. The van der Waals surface area contributed by atoms with Gasteiger partial charge in [0.05, 0.1) is 0 Å². The lowest BCUT2D eigenvalue weighted by Crippen LogP contribution is -2.46. The molecule has 0 saturated heterocycles. The fourth-order valence-electron chi connectivity index (χ4n) is 1.69. The first-order chi connectivity index (χ1) is 6.52. The minimum Gasteiger partial charge on any atom is -0.331 e. The van der Waals surface area contributed by atoms with Gasteiger partial charge in [-0.3, -0.25) is 9.59 Å². The van der Waals surface area contributed by atoms with E-state index in [0.29, 0.717) is 12.0 Å². The number of carbonyl (C=O) groups excluding carboxylic acids is 2. The molecule has 3 nitrogen and oxygen atoms in total. The molecule has 0 aromatic heterocycles. The number of unbranched alkanes of at least 4 members (excludes halogenated alkanes) is 1. The molecule has 1 aliphatic heterocycles. The van der Waals surface area contributed by atoms with Crippen molar-refractivity contribution in [3.05, 3.63) is 11.8 Å². The third kappa shape index (κ3) is 1.72. The van der Waals surface area contributed by atoms with Crippen LogP contribution in [0.5, 0.6) is 0 Å². The van der Waals surface area contributed by atoms with E-state index in [1.165, 1.54) is 6.20 Å². The summed E-state index contributed by atoms with van der Waals surface area (Å²) in [6.45, 7) is 5.53. The van der Waals surface area contributed by atoms with E-state index in [0.717, 1.165) is 12.8 Å². The quantitative estimate of drug-likeness (QED) is 0.698. The first-order valence-corrected chi connectivity index (χ1v) is 5.05. The monoisotopic (exact) mass is 195 g/mol. The van der Waals surface area contributed by atoms with Crippen LogP contribution in [0.1, 0.15) is 40.0 Å². The summed E-state index contributed by atoms with van der Waals surface area (Å²) in [5, 5.41) is 2.64. The van der Waals surface area contributed by atoms with Crippen molar-refractivity contribution in [2.24, 2.45) is 5.41 Å². The zero-order valence-electron chi connectivity index (χ0n) is 9.02. The highest BCUT2D eigenvalue weighted by atomic mass is 16.2. The van der Waals surface area contributed by atoms with Gasteiger partial charge in [0.1, 0.15) is 5.41 Å². The van der Waals surface area contributed by atoms with Gasteiger partial charge < -0.3 is 5.32 Å². The lowest BCUT2D eigenvalue weighted by Gasteiger charge is -2.29. The van der Waals surface area contributed by atoms with E-state index >= 15 is 0 Å². The summed E-state index contributed by atoms with van der Waals surface area (Å²) in [5.74, 6) is -0.198. The van der Waals surface area contributed by atoms with Crippen molar-refractivity contribution < 1.29 is 9.59 Å². The topological polar surface area (TPSA) is 46.2 Å². The van der Waals surface area contributed by atoms with E-state index in [1.54, 1.807) is 13.8 Å². The number of hydrogen-bond donors (Lipinski definition) is 1. The van der Waals surface area contributed by atoms with E-state index in [9.17, 15) is 9.59 Å². The lowest BCUT2D eigenvalue weighted by atomic mass is 9.76. The van der Waals surface area contributed by atoms with Gasteiger partial charge in [-0.1, -0.05) is 19.8 Å². The average Bonchev–Trinajstić information content (AvgIpc) is 2.18. The van der Waals surface area contributed by atoms with Crippen LogP contribution in [0.15, 0.2) is 11.8 Å². The largest absolute Gasteiger partial charge is 0.331 e. The molecule has 0 saturated carbocycles. The Labute approximate surface area is 84.6 Å². The van der Waals surface area contributed by atoms with Crippen molar-refractivity contribution >= 4 is 11.7 Å². The van der Waals surface area contributed by atoms with Crippen molar-refractivity contribution in [2.75, 3.05) is 0 Å². The van der Waals surface area contributed by atoms with Crippen LogP contribution in [0, 0.1) is 5.41 Å². The molecule has 1 rings (SSSR count). The Morgan fingerprint density at radius 3 is 2.64 bits per heavy atom. The summed E-state index contributed by atoms with van der Waals surface area (Å²) in [6.07, 6.45) is 4.04. The number of Topliss-reactive ketones (excluding diaryl/α,β-unsaturated/α-hetero) is 1. The number of allylic oxidation sites excluding steroid dienone is 1. The predicted molar refractivity (Wildman–Crippen MR) is 54.5 cm³/mol. The van der Waals surface area contributed by atoms with Crippen LogP contribution in [0.25, 0.3) is 0 Å². The third-order valence-corrected chi connectivity index (χ3v) is 2.81. The van der Waals surface area contributed by atoms with E-state index in [-0.39, 0.29) is 11.7 Å². The molecular weight excluding hydrogens is 178 g/mol. The standard InChI is InChI=1S/C11H17NO2/c1-4-5-6-11(3)9(13)8(2)7-12-10(11)14/h7H,4-6H2,1-3H3,(H,12,14). The molecule has 0 aliphatic carbocycles. The summed E-state index contributed by atoms with van der Waals surface area (Å²) in [4.78, 5) is 23.4. The van der Waals surface area contributed by atoms with Crippen LogP contribution in [0.4, 0.5) is 0 Å². The predicted octanol–water partition coefficient (Wildman–Crippen LogP) is 1.79. The smallest absolute Gasteiger partial charge is 0.237 e. The molecular formula is C11H17NO2. The third-order valence-electron chi connectivity index (χ3n) is 2.81. The van der Waals surface area contributed by atoms with Gasteiger partial charge in [0.2, 0.25) is 5.91 Å². The van der Waals surface area contributed by atoms with Crippen LogP contribution in [0.2, 0.25) is 0 Å². The van der Waals surface area contributed by atoms with E-state index in [1.807, 2.05) is 0 Å². The summed E-state index contributed by atoms with van der Waals surface area (Å²) < 4.78 is 0. The van der Waals surface area contributed by atoms with Crippen LogP contribution in [0.3, 0.4) is 0 Å². The van der Waals surface area contributed by atoms with Crippen molar-refractivity contribution in [1.82, 2.24) is 5.32 Å². The number of ketones is 1. The number of carbonyl (C=O) groups is 2. The van der Waals surface area contributed by atoms with Crippen LogP contribution in [-0.4, -0.2) is 11.7 Å². The highest BCUT2D eigenvalue weighted by molar-refractivity contribution is 6.15. The maximum absolute atomic E-state index is 11.8. The number of amides is 1. The SMILES string of the molecule is CCCCC1(C)C(=O)NC=C(C)C1=O. The molecule has 0 aromatic carbocycles. The first-order valence-electron chi connectivity index (χ1n) is 5.05. The van der Waals surface area contributed by atoms with Crippen molar-refractivity contribution in [3.63, 3.8) is 0 Å². The van der Waals surface area contributed by atoms with Gasteiger partial charge in [-0.05, 0) is 20.3 Å². The number of nitrogens with one attached hydrogen (secondary N) is 1. The van der Waals surface area contributed by atoms with E-state index in [4.69, 9.17) is 0 Å². The van der Waals surface area contributed by atoms with Gasteiger partial charge in [0.25, 0.3) is 0 Å². The number of hydrogen-bond acceptors (Lipinski definition) is 2. The summed E-state index contributed by atoms with van der Waals surface area (Å²) in [7, 11) is 0. The van der Waals surface area contributed by atoms with Gasteiger partial charge in [0, 0.05) is 11.8 Å². The van der Waals surface area contributed by atoms with Crippen LogP contribution >= 0.6 is 0 Å².